The van der Waals surface area contributed by atoms with Gasteiger partial charge >= 0.3 is 6.18 Å². The van der Waals surface area contributed by atoms with E-state index in [9.17, 15) is 18.0 Å². The van der Waals surface area contributed by atoms with E-state index in [1.165, 1.54) is 17.4 Å². The summed E-state index contributed by atoms with van der Waals surface area (Å²) in [5, 5.41) is 5.37. The molecule has 0 aliphatic rings. The molecule has 3 rings (SSSR count). The molecule has 0 spiro atoms. The van der Waals surface area contributed by atoms with E-state index in [1.54, 1.807) is 13.0 Å². The Kier molecular flexibility index (Phi) is 5.60. The van der Waals surface area contributed by atoms with Crippen molar-refractivity contribution >= 4 is 17.2 Å². The lowest BCUT2D eigenvalue weighted by Crippen LogP contribution is -2.28. The second-order valence-corrected chi connectivity index (χ2v) is 6.96. The molecule has 27 heavy (non-hydrogen) atoms. The first-order valence-corrected chi connectivity index (χ1v) is 9.17. The van der Waals surface area contributed by atoms with E-state index >= 15 is 0 Å². The first kappa shape index (κ1) is 19.1. The van der Waals surface area contributed by atoms with E-state index < -0.39 is 17.8 Å². The van der Waals surface area contributed by atoms with Gasteiger partial charge in [-0.25, -0.2) is 4.98 Å². The summed E-state index contributed by atoms with van der Waals surface area (Å²) in [7, 11) is 0. The van der Waals surface area contributed by atoms with Gasteiger partial charge in [-0.1, -0.05) is 42.5 Å². The summed E-state index contributed by atoms with van der Waals surface area (Å²) < 4.78 is 38.5. The Labute approximate surface area is 158 Å². The summed E-state index contributed by atoms with van der Waals surface area (Å²) in [6.45, 7) is 1.66. The molecule has 1 atom stereocenters. The predicted molar refractivity (Wildman–Crippen MR) is 99.3 cm³/mol. The zero-order valence-electron chi connectivity index (χ0n) is 14.5. The molecule has 3 nitrogen and oxygen atoms in total. The quantitative estimate of drug-likeness (QED) is 0.647. The minimum absolute atomic E-state index is 0.0760. The number of nitrogens with one attached hydrogen (secondary N) is 1. The van der Waals surface area contributed by atoms with Gasteiger partial charge in [0.1, 0.15) is 5.01 Å². The zero-order chi connectivity index (χ0) is 19.4. The number of benzene rings is 2. The van der Waals surface area contributed by atoms with Gasteiger partial charge in [0, 0.05) is 10.9 Å². The van der Waals surface area contributed by atoms with Crippen molar-refractivity contribution < 1.29 is 18.0 Å². The lowest BCUT2D eigenvalue weighted by Gasteiger charge is -2.16. The van der Waals surface area contributed by atoms with E-state index in [1.807, 2.05) is 35.7 Å². The fourth-order valence-corrected chi connectivity index (χ4v) is 3.45. The molecule has 0 saturated heterocycles. The number of carbonyl (C=O) groups excluding carboxylic acids is 1. The van der Waals surface area contributed by atoms with Crippen LogP contribution in [0, 0.1) is 0 Å². The number of hydrogen-bond donors (Lipinski definition) is 1. The average molecular weight is 390 g/mol. The standard InChI is InChI=1S/C20H17F3N2OS/c1-13(15-8-5-9-16(10-15)20(21,22)23)24-18(26)11-17-12-27-19(25-17)14-6-3-2-4-7-14/h2-10,12-13H,11H2,1H3,(H,24,26)/t13-/m1/s1. The van der Waals surface area contributed by atoms with Crippen LogP contribution < -0.4 is 5.32 Å². The lowest BCUT2D eigenvalue weighted by molar-refractivity contribution is -0.137. The summed E-state index contributed by atoms with van der Waals surface area (Å²) in [5.41, 5.74) is 1.29. The van der Waals surface area contributed by atoms with Gasteiger partial charge in [0.25, 0.3) is 0 Å². The first-order chi connectivity index (χ1) is 12.8. The highest BCUT2D eigenvalue weighted by Gasteiger charge is 2.30. The minimum Gasteiger partial charge on any atom is -0.349 e. The molecule has 0 unspecified atom stereocenters. The highest BCUT2D eigenvalue weighted by molar-refractivity contribution is 7.13. The van der Waals surface area contributed by atoms with Crippen molar-refractivity contribution in [2.24, 2.45) is 0 Å². The third kappa shape index (κ3) is 4.95. The second kappa shape index (κ2) is 7.92. The Morgan fingerprint density at radius 1 is 1.15 bits per heavy atom. The number of rotatable bonds is 5. The maximum atomic E-state index is 12.8. The molecule has 1 heterocycles. The highest BCUT2D eigenvalue weighted by Crippen LogP contribution is 2.30. The molecule has 2 aromatic carbocycles. The molecular formula is C20H17F3N2OS. The van der Waals surface area contributed by atoms with E-state index in [0.29, 0.717) is 11.3 Å². The van der Waals surface area contributed by atoms with Crippen molar-refractivity contribution in [2.75, 3.05) is 0 Å². The SMILES string of the molecule is C[C@@H](NC(=O)Cc1csc(-c2ccccc2)n1)c1cccc(C(F)(F)F)c1. The van der Waals surface area contributed by atoms with Crippen LogP contribution in [0.15, 0.2) is 60.0 Å². The van der Waals surface area contributed by atoms with Crippen LogP contribution in [-0.2, 0) is 17.4 Å². The molecule has 0 aliphatic heterocycles. The summed E-state index contributed by atoms with van der Waals surface area (Å²) in [5.74, 6) is -0.287. The molecule has 0 fully saturated rings. The van der Waals surface area contributed by atoms with Crippen molar-refractivity contribution in [1.29, 1.82) is 0 Å². The normalized spacial score (nSPS) is 12.6. The fourth-order valence-electron chi connectivity index (χ4n) is 2.63. The molecule has 1 N–H and O–H groups in total. The third-order valence-electron chi connectivity index (χ3n) is 4.01. The van der Waals surface area contributed by atoms with E-state index in [2.05, 4.69) is 10.3 Å². The van der Waals surface area contributed by atoms with Crippen molar-refractivity contribution in [3.8, 4) is 10.6 Å². The Morgan fingerprint density at radius 3 is 2.59 bits per heavy atom. The van der Waals surface area contributed by atoms with Crippen LogP contribution in [0.3, 0.4) is 0 Å². The Morgan fingerprint density at radius 2 is 1.89 bits per heavy atom. The summed E-state index contributed by atoms with van der Waals surface area (Å²) >= 11 is 1.45. The molecule has 3 aromatic rings. The van der Waals surface area contributed by atoms with Crippen molar-refractivity contribution in [3.05, 3.63) is 76.8 Å². The molecule has 1 amide bonds. The zero-order valence-corrected chi connectivity index (χ0v) is 15.3. The number of hydrogen-bond acceptors (Lipinski definition) is 3. The topological polar surface area (TPSA) is 42.0 Å². The Balaban J connectivity index is 1.64. The maximum absolute atomic E-state index is 12.8. The molecule has 7 heteroatoms. The van der Waals surface area contributed by atoms with E-state index in [-0.39, 0.29) is 12.3 Å². The van der Waals surface area contributed by atoms with E-state index in [0.717, 1.165) is 22.7 Å². The Bertz CT molecular complexity index is 922. The maximum Gasteiger partial charge on any atom is 0.416 e. The van der Waals surface area contributed by atoms with Gasteiger partial charge in [-0.05, 0) is 24.6 Å². The number of nitrogens with zero attached hydrogens (tertiary/aromatic N) is 1. The van der Waals surface area contributed by atoms with Crippen LogP contribution in [0.5, 0.6) is 0 Å². The van der Waals surface area contributed by atoms with Gasteiger partial charge in [-0.2, -0.15) is 13.2 Å². The molecule has 1 aromatic heterocycles. The van der Waals surface area contributed by atoms with Crippen molar-refractivity contribution in [3.63, 3.8) is 0 Å². The number of thiazole rings is 1. The van der Waals surface area contributed by atoms with Crippen LogP contribution in [0.1, 0.15) is 29.8 Å². The largest absolute Gasteiger partial charge is 0.416 e. The van der Waals surface area contributed by atoms with Crippen molar-refractivity contribution in [1.82, 2.24) is 10.3 Å². The summed E-state index contributed by atoms with van der Waals surface area (Å²) in [4.78, 5) is 16.7. The Hall–Kier alpha value is -2.67. The van der Waals surface area contributed by atoms with Crippen LogP contribution in [0.2, 0.25) is 0 Å². The number of carbonyl (C=O) groups is 1. The van der Waals surface area contributed by atoms with Gasteiger partial charge in [0.15, 0.2) is 0 Å². The second-order valence-electron chi connectivity index (χ2n) is 6.10. The molecule has 0 aliphatic carbocycles. The van der Waals surface area contributed by atoms with Crippen molar-refractivity contribution in [2.45, 2.75) is 25.6 Å². The predicted octanol–water partition coefficient (Wildman–Crippen LogP) is 5.25. The molecule has 140 valence electrons. The van der Waals surface area contributed by atoms with Gasteiger partial charge in [0.2, 0.25) is 5.91 Å². The smallest absolute Gasteiger partial charge is 0.349 e. The van der Waals surface area contributed by atoms with Crippen LogP contribution in [-0.4, -0.2) is 10.9 Å². The number of alkyl halides is 3. The van der Waals surface area contributed by atoms with Gasteiger partial charge in [0.05, 0.1) is 23.7 Å². The number of halogens is 3. The summed E-state index contributed by atoms with van der Waals surface area (Å²) in [6, 6.07) is 14.1. The summed E-state index contributed by atoms with van der Waals surface area (Å²) in [6.07, 6.45) is -4.33. The fraction of sp³-hybridized carbons (Fsp3) is 0.200. The highest BCUT2D eigenvalue weighted by atomic mass is 32.1. The van der Waals surface area contributed by atoms with Gasteiger partial charge in [-0.3, -0.25) is 4.79 Å². The van der Waals surface area contributed by atoms with Gasteiger partial charge < -0.3 is 5.32 Å². The van der Waals surface area contributed by atoms with Gasteiger partial charge in [-0.15, -0.1) is 11.3 Å². The molecule has 0 radical (unpaired) electrons. The van der Waals surface area contributed by atoms with Crippen LogP contribution in [0.25, 0.3) is 10.6 Å². The van der Waals surface area contributed by atoms with Crippen LogP contribution >= 0.6 is 11.3 Å². The monoisotopic (exact) mass is 390 g/mol. The molecule has 0 bridgehead atoms. The lowest BCUT2D eigenvalue weighted by atomic mass is 10.0. The number of aromatic nitrogens is 1. The first-order valence-electron chi connectivity index (χ1n) is 8.29. The average Bonchev–Trinajstić information content (AvgIpc) is 3.10. The molecule has 0 saturated carbocycles. The van der Waals surface area contributed by atoms with Crippen LogP contribution in [0.4, 0.5) is 13.2 Å². The number of amides is 1. The molecular weight excluding hydrogens is 373 g/mol. The third-order valence-corrected chi connectivity index (χ3v) is 4.95. The minimum atomic E-state index is -4.41. The van der Waals surface area contributed by atoms with E-state index in [4.69, 9.17) is 0 Å².